The van der Waals surface area contributed by atoms with Gasteiger partial charge in [-0.2, -0.15) is 13.2 Å². The number of benzene rings is 1. The molecule has 2 aliphatic heterocycles. The van der Waals surface area contributed by atoms with E-state index in [0.717, 1.165) is 37.9 Å². The van der Waals surface area contributed by atoms with Gasteiger partial charge >= 0.3 is 6.18 Å². The van der Waals surface area contributed by atoms with Crippen LogP contribution in [0.4, 0.5) is 23.2 Å². The molecule has 1 aromatic carbocycles. The normalized spacial score (nSPS) is 29.1. The molecule has 3 fully saturated rings. The molecule has 6 nitrogen and oxygen atoms in total. The summed E-state index contributed by atoms with van der Waals surface area (Å²) in [7, 11) is 0. The van der Waals surface area contributed by atoms with Crippen molar-refractivity contribution in [2.24, 2.45) is 11.3 Å². The predicted molar refractivity (Wildman–Crippen MR) is 131 cm³/mol. The van der Waals surface area contributed by atoms with Gasteiger partial charge in [0.05, 0.1) is 17.0 Å². The lowest BCUT2D eigenvalue weighted by Crippen LogP contribution is -2.47. The van der Waals surface area contributed by atoms with E-state index in [-0.39, 0.29) is 42.2 Å². The lowest BCUT2D eigenvalue weighted by molar-refractivity contribution is -0.144. The Bertz CT molecular complexity index is 1250. The number of pyridine rings is 1. The van der Waals surface area contributed by atoms with E-state index in [2.05, 4.69) is 10.3 Å². The molecule has 4 aliphatic rings. The SMILES string of the molecule is O=C1C(N[C@@H]2C[C@H]3CCC[C@@]3(C(=O)N3CCc4ncc(C(F)(F)F)cc4C3)C2)CCN1c1ccc(F)cc1. The molecule has 4 atom stereocenters. The summed E-state index contributed by atoms with van der Waals surface area (Å²) in [5, 5.41) is 3.52. The van der Waals surface area contributed by atoms with Crippen LogP contribution in [-0.4, -0.2) is 46.9 Å². The minimum absolute atomic E-state index is 0.0157. The molecule has 1 aromatic heterocycles. The van der Waals surface area contributed by atoms with Crippen LogP contribution >= 0.6 is 0 Å². The third kappa shape index (κ3) is 4.36. The summed E-state index contributed by atoms with van der Waals surface area (Å²) < 4.78 is 53.0. The van der Waals surface area contributed by atoms with Crippen LogP contribution in [0.5, 0.6) is 0 Å². The van der Waals surface area contributed by atoms with Gasteiger partial charge < -0.3 is 15.1 Å². The van der Waals surface area contributed by atoms with Crippen LogP contribution in [0, 0.1) is 17.2 Å². The Morgan fingerprint density at radius 3 is 2.68 bits per heavy atom. The standard InChI is InChI=1S/C28H30F4N4O2/c29-20-3-5-22(6-4-20)36-11-8-24(25(36)37)34-21-13-18-2-1-9-27(18,14-21)26(38)35-10-7-23-17(16-35)12-19(15-33-23)28(30,31)32/h3-6,12,15,18,21,24,34H,1-2,7-11,13-14,16H2/t18-,21-,24?,27-/m1/s1. The van der Waals surface area contributed by atoms with E-state index in [1.807, 2.05) is 0 Å². The Labute approximate surface area is 218 Å². The quantitative estimate of drug-likeness (QED) is 0.593. The Morgan fingerprint density at radius 2 is 1.92 bits per heavy atom. The molecule has 2 saturated carbocycles. The van der Waals surface area contributed by atoms with Gasteiger partial charge in [0.25, 0.3) is 0 Å². The third-order valence-electron chi connectivity index (χ3n) is 9.00. The van der Waals surface area contributed by atoms with Gasteiger partial charge in [-0.15, -0.1) is 0 Å². The highest BCUT2D eigenvalue weighted by Gasteiger charge is 2.56. The average molecular weight is 531 g/mol. The van der Waals surface area contributed by atoms with Gasteiger partial charge in [0.1, 0.15) is 5.82 Å². The number of amides is 2. The highest BCUT2D eigenvalue weighted by atomic mass is 19.4. The average Bonchev–Trinajstić information content (AvgIpc) is 3.56. The fraction of sp³-hybridized carbons (Fsp3) is 0.536. The van der Waals surface area contributed by atoms with Crippen molar-refractivity contribution in [1.29, 1.82) is 0 Å². The Hall–Kier alpha value is -3.01. The highest BCUT2D eigenvalue weighted by Crippen LogP contribution is 2.55. The van der Waals surface area contributed by atoms with E-state index in [0.29, 0.717) is 49.3 Å². The maximum absolute atomic E-state index is 14.0. The molecule has 0 bridgehead atoms. The minimum Gasteiger partial charge on any atom is -0.337 e. The largest absolute Gasteiger partial charge is 0.417 e. The molecule has 1 saturated heterocycles. The molecule has 202 valence electrons. The Balaban J connectivity index is 1.14. The topological polar surface area (TPSA) is 65.5 Å². The van der Waals surface area contributed by atoms with Crippen molar-refractivity contribution >= 4 is 17.5 Å². The third-order valence-corrected chi connectivity index (χ3v) is 9.00. The van der Waals surface area contributed by atoms with Crippen molar-refractivity contribution in [2.75, 3.05) is 18.0 Å². The van der Waals surface area contributed by atoms with Gasteiger partial charge in [-0.1, -0.05) is 6.42 Å². The summed E-state index contributed by atoms with van der Waals surface area (Å²) >= 11 is 0. The van der Waals surface area contributed by atoms with Crippen LogP contribution in [0.15, 0.2) is 36.5 Å². The number of hydrogen-bond acceptors (Lipinski definition) is 4. The number of nitrogens with zero attached hydrogens (tertiary/aromatic N) is 3. The molecule has 0 radical (unpaired) electrons. The number of alkyl halides is 3. The molecule has 38 heavy (non-hydrogen) atoms. The fourth-order valence-electron chi connectivity index (χ4n) is 7.18. The molecule has 2 amide bonds. The van der Waals surface area contributed by atoms with E-state index in [1.54, 1.807) is 21.9 Å². The maximum atomic E-state index is 14.0. The summed E-state index contributed by atoms with van der Waals surface area (Å²) in [6, 6.07) is 6.68. The summed E-state index contributed by atoms with van der Waals surface area (Å²) in [5.41, 5.74) is 0.435. The van der Waals surface area contributed by atoms with E-state index in [4.69, 9.17) is 0 Å². The molecular formula is C28H30F4N4O2. The number of nitrogens with one attached hydrogen (secondary N) is 1. The Kier molecular flexibility index (Phi) is 6.20. The molecule has 6 rings (SSSR count). The lowest BCUT2D eigenvalue weighted by atomic mass is 9.78. The zero-order valence-electron chi connectivity index (χ0n) is 20.9. The molecule has 1 N–H and O–H groups in total. The first kappa shape index (κ1) is 25.3. The molecule has 3 heterocycles. The second-order valence-electron chi connectivity index (χ2n) is 11.2. The highest BCUT2D eigenvalue weighted by molar-refractivity contribution is 5.99. The number of hydrogen-bond donors (Lipinski definition) is 1. The molecule has 2 aromatic rings. The second kappa shape index (κ2) is 9.32. The second-order valence-corrected chi connectivity index (χ2v) is 11.2. The molecular weight excluding hydrogens is 500 g/mol. The number of aromatic nitrogens is 1. The number of fused-ring (bicyclic) bond motifs is 2. The molecule has 0 spiro atoms. The van der Waals surface area contributed by atoms with Gasteiger partial charge in [0.2, 0.25) is 11.8 Å². The van der Waals surface area contributed by atoms with Gasteiger partial charge in [0, 0.05) is 49.7 Å². The van der Waals surface area contributed by atoms with Gasteiger partial charge in [-0.05, 0) is 73.9 Å². The van der Waals surface area contributed by atoms with Gasteiger partial charge in [-0.3, -0.25) is 14.6 Å². The predicted octanol–water partition coefficient (Wildman–Crippen LogP) is 4.47. The minimum atomic E-state index is -4.47. The number of carbonyl (C=O) groups is 2. The van der Waals surface area contributed by atoms with E-state index in [1.165, 1.54) is 12.1 Å². The van der Waals surface area contributed by atoms with E-state index in [9.17, 15) is 27.2 Å². The fourth-order valence-corrected chi connectivity index (χ4v) is 7.18. The van der Waals surface area contributed by atoms with Crippen molar-refractivity contribution in [3.05, 3.63) is 59.2 Å². The van der Waals surface area contributed by atoms with Crippen LogP contribution in [0.2, 0.25) is 0 Å². The smallest absolute Gasteiger partial charge is 0.337 e. The van der Waals surface area contributed by atoms with Crippen molar-refractivity contribution in [3.8, 4) is 0 Å². The van der Waals surface area contributed by atoms with Crippen molar-refractivity contribution in [2.45, 2.75) is 69.8 Å². The number of carbonyl (C=O) groups excluding carboxylic acids is 2. The number of anilines is 1. The van der Waals surface area contributed by atoms with Crippen molar-refractivity contribution in [3.63, 3.8) is 0 Å². The van der Waals surface area contributed by atoms with Gasteiger partial charge in [0.15, 0.2) is 0 Å². The number of halogens is 4. The van der Waals surface area contributed by atoms with Crippen molar-refractivity contribution < 1.29 is 27.2 Å². The van der Waals surface area contributed by atoms with Crippen LogP contribution in [0.1, 0.15) is 55.3 Å². The van der Waals surface area contributed by atoms with Crippen molar-refractivity contribution in [1.82, 2.24) is 15.2 Å². The van der Waals surface area contributed by atoms with Crippen LogP contribution in [0.3, 0.4) is 0 Å². The van der Waals surface area contributed by atoms with E-state index >= 15 is 0 Å². The zero-order chi connectivity index (χ0) is 26.7. The number of rotatable bonds is 4. The summed E-state index contributed by atoms with van der Waals surface area (Å²) in [6.07, 6.45) is 1.56. The zero-order valence-corrected chi connectivity index (χ0v) is 20.9. The van der Waals surface area contributed by atoms with Crippen LogP contribution in [0.25, 0.3) is 0 Å². The summed E-state index contributed by atoms with van der Waals surface area (Å²) in [6.45, 7) is 1.14. The van der Waals surface area contributed by atoms with Crippen LogP contribution < -0.4 is 10.2 Å². The lowest BCUT2D eigenvalue weighted by Gasteiger charge is -2.37. The molecule has 2 aliphatic carbocycles. The maximum Gasteiger partial charge on any atom is 0.417 e. The molecule has 10 heteroatoms. The summed E-state index contributed by atoms with van der Waals surface area (Å²) in [5.74, 6) is -0.178. The van der Waals surface area contributed by atoms with Crippen LogP contribution in [-0.2, 0) is 28.7 Å². The first-order chi connectivity index (χ1) is 18.1. The first-order valence-corrected chi connectivity index (χ1v) is 13.3. The summed E-state index contributed by atoms with van der Waals surface area (Å²) in [4.78, 5) is 34.5. The monoisotopic (exact) mass is 530 g/mol. The first-order valence-electron chi connectivity index (χ1n) is 13.3. The molecule has 1 unspecified atom stereocenters. The van der Waals surface area contributed by atoms with E-state index < -0.39 is 17.2 Å². The Morgan fingerprint density at radius 1 is 1.13 bits per heavy atom. The van der Waals surface area contributed by atoms with Gasteiger partial charge in [-0.25, -0.2) is 4.39 Å².